The minimum atomic E-state index is -0.310. The molecular weight excluding hydrogens is 258 g/mol. The van der Waals surface area contributed by atoms with Crippen molar-refractivity contribution in [3.05, 3.63) is 29.8 Å². The number of para-hydroxylation sites is 1. The molecule has 1 amide bonds. The van der Waals surface area contributed by atoms with Crippen molar-refractivity contribution in [2.45, 2.75) is 26.8 Å². The Morgan fingerprint density at radius 3 is 2.47 bits per heavy atom. The number of nitrogens with one attached hydrogen (secondary N) is 1. The van der Waals surface area contributed by atoms with Gasteiger partial charge < -0.3 is 16.0 Å². The van der Waals surface area contributed by atoms with Crippen LogP contribution in [0.25, 0.3) is 0 Å². The van der Waals surface area contributed by atoms with E-state index in [9.17, 15) is 4.79 Å². The van der Waals surface area contributed by atoms with E-state index in [0.717, 1.165) is 11.3 Å². The van der Waals surface area contributed by atoms with Gasteiger partial charge in [0.2, 0.25) is 5.91 Å². The van der Waals surface area contributed by atoms with E-state index in [0.29, 0.717) is 18.1 Å². The number of anilines is 1. The van der Waals surface area contributed by atoms with Gasteiger partial charge in [0, 0.05) is 24.3 Å². The highest BCUT2D eigenvalue weighted by Crippen LogP contribution is 2.16. The molecule has 0 heterocycles. The molecule has 4 nitrogen and oxygen atoms in total. The van der Waals surface area contributed by atoms with Gasteiger partial charge in [-0.3, -0.25) is 4.79 Å². The van der Waals surface area contributed by atoms with Gasteiger partial charge in [-0.05, 0) is 32.9 Å². The fourth-order valence-corrected chi connectivity index (χ4v) is 2.11. The maximum atomic E-state index is 12.2. The Hall–Kier alpha value is -1.62. The van der Waals surface area contributed by atoms with Crippen LogP contribution < -0.4 is 11.1 Å². The molecule has 1 unspecified atom stereocenters. The van der Waals surface area contributed by atoms with E-state index in [-0.39, 0.29) is 11.9 Å². The predicted molar refractivity (Wildman–Crippen MR) is 83.3 cm³/mol. The van der Waals surface area contributed by atoms with Crippen LogP contribution in [0.15, 0.2) is 24.3 Å². The molecule has 5 heteroatoms. The van der Waals surface area contributed by atoms with Crippen molar-refractivity contribution >= 4 is 28.8 Å². The topological polar surface area (TPSA) is 58.4 Å². The van der Waals surface area contributed by atoms with Gasteiger partial charge in [-0.25, -0.2) is 0 Å². The van der Waals surface area contributed by atoms with Crippen molar-refractivity contribution in [2.75, 3.05) is 18.4 Å². The predicted octanol–water partition coefficient (Wildman–Crippen LogP) is 1.99. The number of likely N-dealkylation sites (N-methyl/N-ethyl adjacent to an activating group) is 1. The number of thiocarbonyl (C=S) groups is 1. The van der Waals surface area contributed by atoms with E-state index >= 15 is 0 Å². The molecule has 0 bridgehead atoms. The minimum Gasteiger partial charge on any atom is -0.389 e. The maximum absolute atomic E-state index is 12.2. The van der Waals surface area contributed by atoms with Crippen molar-refractivity contribution < 1.29 is 4.79 Å². The third-order valence-electron chi connectivity index (χ3n) is 3.01. The number of carbonyl (C=O) groups excluding carboxylic acids is 1. The third kappa shape index (κ3) is 3.92. The van der Waals surface area contributed by atoms with E-state index in [2.05, 4.69) is 5.32 Å². The lowest BCUT2D eigenvalue weighted by Crippen LogP contribution is -2.41. The van der Waals surface area contributed by atoms with Crippen LogP contribution in [0.4, 0.5) is 5.69 Å². The van der Waals surface area contributed by atoms with Crippen molar-refractivity contribution in [3.63, 3.8) is 0 Å². The van der Waals surface area contributed by atoms with E-state index in [1.165, 1.54) is 0 Å². The zero-order valence-corrected chi connectivity index (χ0v) is 12.5. The molecule has 3 N–H and O–H groups in total. The first kappa shape index (κ1) is 15.4. The van der Waals surface area contributed by atoms with Crippen molar-refractivity contribution in [1.82, 2.24) is 4.90 Å². The van der Waals surface area contributed by atoms with E-state index < -0.39 is 0 Å². The van der Waals surface area contributed by atoms with Crippen LogP contribution in [-0.4, -0.2) is 34.9 Å². The number of hydrogen-bond donors (Lipinski definition) is 2. The average Bonchev–Trinajstić information content (AvgIpc) is 2.40. The number of carbonyl (C=O) groups is 1. The standard InChI is InChI=1S/C14H21N3OS/c1-4-17(5-2)14(18)10(3)16-12-9-7-6-8-11(12)13(15)19/h6-10,16H,4-5H2,1-3H3,(H2,15,19). The highest BCUT2D eigenvalue weighted by molar-refractivity contribution is 7.80. The lowest BCUT2D eigenvalue weighted by atomic mass is 10.1. The minimum absolute atomic E-state index is 0.0720. The normalized spacial score (nSPS) is 11.7. The monoisotopic (exact) mass is 279 g/mol. The Morgan fingerprint density at radius 1 is 1.37 bits per heavy atom. The molecule has 19 heavy (non-hydrogen) atoms. The highest BCUT2D eigenvalue weighted by atomic mass is 32.1. The largest absolute Gasteiger partial charge is 0.389 e. The van der Waals surface area contributed by atoms with Gasteiger partial charge in [-0.1, -0.05) is 24.4 Å². The number of amides is 1. The summed E-state index contributed by atoms with van der Waals surface area (Å²) in [7, 11) is 0. The molecule has 0 fully saturated rings. The molecule has 0 aliphatic heterocycles. The summed E-state index contributed by atoms with van der Waals surface area (Å²) >= 11 is 5.01. The van der Waals surface area contributed by atoms with Crippen LogP contribution in [0.2, 0.25) is 0 Å². The highest BCUT2D eigenvalue weighted by Gasteiger charge is 2.18. The first-order valence-electron chi connectivity index (χ1n) is 6.45. The summed E-state index contributed by atoms with van der Waals surface area (Å²) in [5.74, 6) is 0.0720. The lowest BCUT2D eigenvalue weighted by Gasteiger charge is -2.24. The SMILES string of the molecule is CCN(CC)C(=O)C(C)Nc1ccccc1C(N)=S. The number of rotatable bonds is 6. The fraction of sp³-hybridized carbons (Fsp3) is 0.429. The molecule has 1 aromatic rings. The van der Waals surface area contributed by atoms with Crippen LogP contribution in [0.1, 0.15) is 26.3 Å². The van der Waals surface area contributed by atoms with Gasteiger partial charge in [-0.15, -0.1) is 0 Å². The van der Waals surface area contributed by atoms with Crippen LogP contribution in [0.3, 0.4) is 0 Å². The zero-order chi connectivity index (χ0) is 14.4. The summed E-state index contributed by atoms with van der Waals surface area (Å²) in [6.07, 6.45) is 0. The van der Waals surface area contributed by atoms with E-state index in [4.69, 9.17) is 18.0 Å². The molecule has 0 saturated heterocycles. The van der Waals surface area contributed by atoms with Gasteiger partial charge >= 0.3 is 0 Å². The van der Waals surface area contributed by atoms with Crippen LogP contribution in [-0.2, 0) is 4.79 Å². The van der Waals surface area contributed by atoms with Crippen molar-refractivity contribution in [3.8, 4) is 0 Å². The second-order valence-electron chi connectivity index (χ2n) is 4.29. The van der Waals surface area contributed by atoms with E-state index in [1.807, 2.05) is 45.0 Å². The Morgan fingerprint density at radius 2 is 1.95 bits per heavy atom. The maximum Gasteiger partial charge on any atom is 0.244 e. The van der Waals surface area contributed by atoms with Gasteiger partial charge in [0.05, 0.1) is 0 Å². The number of nitrogens with two attached hydrogens (primary N) is 1. The van der Waals surface area contributed by atoms with Gasteiger partial charge in [0.15, 0.2) is 0 Å². The van der Waals surface area contributed by atoms with Crippen molar-refractivity contribution in [2.24, 2.45) is 5.73 Å². The Balaban J connectivity index is 2.85. The molecule has 104 valence electrons. The quantitative estimate of drug-likeness (QED) is 0.782. The molecule has 0 aliphatic rings. The molecule has 0 spiro atoms. The van der Waals surface area contributed by atoms with Gasteiger partial charge in [0.25, 0.3) is 0 Å². The molecule has 0 aliphatic carbocycles. The molecule has 0 saturated carbocycles. The fourth-order valence-electron chi connectivity index (χ4n) is 1.93. The number of benzene rings is 1. The summed E-state index contributed by atoms with van der Waals surface area (Å²) in [6, 6.07) is 7.17. The molecule has 0 radical (unpaired) electrons. The Labute approximate surface area is 120 Å². The molecule has 0 aromatic heterocycles. The Bertz CT molecular complexity index is 458. The second kappa shape index (κ2) is 7.09. The van der Waals surface area contributed by atoms with Gasteiger partial charge in [0.1, 0.15) is 11.0 Å². The zero-order valence-electron chi connectivity index (χ0n) is 11.6. The summed E-state index contributed by atoms with van der Waals surface area (Å²) in [6.45, 7) is 7.20. The number of nitrogens with zero attached hydrogens (tertiary/aromatic N) is 1. The van der Waals surface area contributed by atoms with Gasteiger partial charge in [-0.2, -0.15) is 0 Å². The Kier molecular flexibility index (Phi) is 5.76. The summed E-state index contributed by atoms with van der Waals surface area (Å²) in [4.78, 5) is 14.3. The van der Waals surface area contributed by atoms with Crippen LogP contribution in [0, 0.1) is 0 Å². The smallest absolute Gasteiger partial charge is 0.244 e. The average molecular weight is 279 g/mol. The summed E-state index contributed by atoms with van der Waals surface area (Å²) in [5, 5.41) is 3.18. The molecule has 1 rings (SSSR count). The molecular formula is C14H21N3OS. The summed E-state index contributed by atoms with van der Waals surface area (Å²) in [5.41, 5.74) is 7.23. The first-order chi connectivity index (χ1) is 9.01. The first-order valence-corrected chi connectivity index (χ1v) is 6.86. The third-order valence-corrected chi connectivity index (χ3v) is 3.23. The van der Waals surface area contributed by atoms with E-state index in [1.54, 1.807) is 4.90 Å². The van der Waals surface area contributed by atoms with Crippen molar-refractivity contribution in [1.29, 1.82) is 0 Å². The van der Waals surface area contributed by atoms with Crippen LogP contribution >= 0.6 is 12.2 Å². The second-order valence-corrected chi connectivity index (χ2v) is 4.73. The molecule has 1 aromatic carbocycles. The molecule has 1 atom stereocenters. The number of hydrogen-bond acceptors (Lipinski definition) is 3. The van der Waals surface area contributed by atoms with Crippen LogP contribution in [0.5, 0.6) is 0 Å². The lowest BCUT2D eigenvalue weighted by molar-refractivity contribution is -0.131. The summed E-state index contributed by atoms with van der Waals surface area (Å²) < 4.78 is 0.